The van der Waals surface area contributed by atoms with Gasteiger partial charge in [-0.15, -0.1) is 0 Å². The average molecular weight is 451 g/mol. The molecule has 0 N–H and O–H groups in total. The number of nitrogens with zero attached hydrogens (tertiary/aromatic N) is 2. The summed E-state index contributed by atoms with van der Waals surface area (Å²) in [6.45, 7) is 6.15. The molecule has 0 radical (unpaired) electrons. The first-order chi connectivity index (χ1) is 16.3. The number of hydrogen-bond acceptors (Lipinski definition) is 7. The van der Waals surface area contributed by atoms with Crippen LogP contribution in [-0.4, -0.2) is 77.4 Å². The van der Waals surface area contributed by atoms with Crippen molar-refractivity contribution in [1.82, 2.24) is 0 Å². The van der Waals surface area contributed by atoms with Gasteiger partial charge >= 0.3 is 0 Å². The Hall–Kier alpha value is -2.84. The van der Waals surface area contributed by atoms with Crippen LogP contribution in [0.3, 0.4) is 0 Å². The molecule has 7 heteroatoms. The van der Waals surface area contributed by atoms with E-state index in [0.29, 0.717) is 58.4 Å². The predicted molar refractivity (Wildman–Crippen MR) is 128 cm³/mol. The van der Waals surface area contributed by atoms with E-state index in [1.165, 1.54) is 0 Å². The van der Waals surface area contributed by atoms with Crippen molar-refractivity contribution in [3.05, 3.63) is 71.8 Å². The molecule has 1 aliphatic carbocycles. The molecule has 0 bridgehead atoms. The van der Waals surface area contributed by atoms with Crippen molar-refractivity contribution in [3.63, 3.8) is 0 Å². The molecule has 2 aromatic carbocycles. The van der Waals surface area contributed by atoms with Crippen molar-refractivity contribution < 1.29 is 23.7 Å². The third-order valence-electron chi connectivity index (χ3n) is 5.45. The topological polar surface area (TPSA) is 69.6 Å². The molecule has 0 amide bonds. The molecular formula is C26H30N2O5. The van der Waals surface area contributed by atoms with Crippen LogP contribution >= 0.6 is 0 Å². The van der Waals surface area contributed by atoms with E-state index < -0.39 is 0 Å². The minimum Gasteiger partial charge on any atom is -0.377 e. The summed E-state index contributed by atoms with van der Waals surface area (Å²) < 4.78 is 22.4. The van der Waals surface area contributed by atoms with Crippen LogP contribution in [0.25, 0.3) is 0 Å². The van der Waals surface area contributed by atoms with Crippen LogP contribution in [0, 0.1) is 0 Å². The molecule has 1 saturated heterocycles. The van der Waals surface area contributed by atoms with Gasteiger partial charge in [0.1, 0.15) is 0 Å². The Morgan fingerprint density at radius 3 is 1.79 bits per heavy atom. The van der Waals surface area contributed by atoms with Crippen LogP contribution in [-0.2, 0) is 18.9 Å². The number of anilines is 1. The van der Waals surface area contributed by atoms with Crippen LogP contribution < -0.4 is 4.90 Å². The minimum atomic E-state index is 0.0136. The van der Waals surface area contributed by atoms with Gasteiger partial charge in [-0.05, 0) is 36.4 Å². The molecule has 1 fully saturated rings. The van der Waals surface area contributed by atoms with Gasteiger partial charge in [-0.1, -0.05) is 24.3 Å². The zero-order valence-corrected chi connectivity index (χ0v) is 18.8. The average Bonchev–Trinajstić information content (AvgIpc) is 2.86. The van der Waals surface area contributed by atoms with E-state index in [1.54, 1.807) is 12.2 Å². The number of ether oxygens (including phenoxy) is 4. The van der Waals surface area contributed by atoms with Gasteiger partial charge < -0.3 is 23.8 Å². The second kappa shape index (κ2) is 12.4. The Bertz CT molecular complexity index is 955. The number of benzene rings is 2. The second-order valence-corrected chi connectivity index (χ2v) is 7.69. The van der Waals surface area contributed by atoms with Gasteiger partial charge in [-0.3, -0.25) is 4.79 Å². The molecule has 0 unspecified atom stereocenters. The fourth-order valence-electron chi connectivity index (χ4n) is 3.71. The molecule has 2 aliphatic rings. The molecule has 4 rings (SSSR count). The first kappa shape index (κ1) is 23.3. The highest BCUT2D eigenvalue weighted by Gasteiger charge is 2.16. The van der Waals surface area contributed by atoms with Gasteiger partial charge in [-0.2, -0.15) is 0 Å². The van der Waals surface area contributed by atoms with Gasteiger partial charge in [0.25, 0.3) is 0 Å². The molecule has 0 saturated carbocycles. The molecule has 2 aromatic rings. The molecular weight excluding hydrogens is 420 g/mol. The van der Waals surface area contributed by atoms with Crippen LogP contribution in [0.1, 0.15) is 15.9 Å². The Labute approximate surface area is 194 Å². The zero-order valence-electron chi connectivity index (χ0n) is 18.8. The molecule has 1 heterocycles. The van der Waals surface area contributed by atoms with E-state index in [-0.39, 0.29) is 5.78 Å². The van der Waals surface area contributed by atoms with Gasteiger partial charge in [0.15, 0.2) is 5.78 Å². The van der Waals surface area contributed by atoms with Crippen LogP contribution in [0.5, 0.6) is 0 Å². The number of fused-ring (bicyclic) bond motifs is 1. The monoisotopic (exact) mass is 450 g/mol. The molecule has 0 spiro atoms. The first-order valence-corrected chi connectivity index (χ1v) is 11.4. The number of hydrogen-bond donors (Lipinski definition) is 0. The lowest BCUT2D eigenvalue weighted by Crippen LogP contribution is -2.31. The molecule has 33 heavy (non-hydrogen) atoms. The normalized spacial score (nSPS) is 20.2. The summed E-state index contributed by atoms with van der Waals surface area (Å²) in [5.74, 6) is 0.0136. The first-order valence-electron chi connectivity index (χ1n) is 11.4. The summed E-state index contributed by atoms with van der Waals surface area (Å²) in [7, 11) is 0. The maximum Gasteiger partial charge on any atom is 0.186 e. The lowest BCUT2D eigenvalue weighted by Gasteiger charge is -2.25. The fourth-order valence-corrected chi connectivity index (χ4v) is 3.71. The zero-order chi connectivity index (χ0) is 22.7. The SMILES string of the molecule is O=C1C=CC(=Nc2ccc(N3CCOCCOCCOCCOCC3)cc2)c2ccccc21. The third-order valence-corrected chi connectivity index (χ3v) is 5.45. The number of carbonyl (C=O) groups is 1. The van der Waals surface area contributed by atoms with Crippen LogP contribution in [0.15, 0.2) is 65.7 Å². The Kier molecular flexibility index (Phi) is 8.77. The Balaban J connectivity index is 1.43. The fraction of sp³-hybridized carbons (Fsp3) is 0.385. The summed E-state index contributed by atoms with van der Waals surface area (Å²) in [5, 5.41) is 0. The lowest BCUT2D eigenvalue weighted by atomic mass is 9.94. The maximum atomic E-state index is 12.1. The van der Waals surface area contributed by atoms with Crippen LogP contribution in [0.4, 0.5) is 11.4 Å². The van der Waals surface area contributed by atoms with Gasteiger partial charge in [0.2, 0.25) is 0 Å². The van der Waals surface area contributed by atoms with E-state index >= 15 is 0 Å². The van der Waals surface area contributed by atoms with Gasteiger partial charge in [-0.25, -0.2) is 4.99 Å². The van der Waals surface area contributed by atoms with Crippen molar-refractivity contribution in [2.24, 2.45) is 4.99 Å². The van der Waals surface area contributed by atoms with Crippen molar-refractivity contribution >= 4 is 22.9 Å². The minimum absolute atomic E-state index is 0.0136. The van der Waals surface area contributed by atoms with E-state index in [0.717, 1.165) is 35.7 Å². The standard InChI is InChI=1S/C26H30N2O5/c29-26-10-9-25(23-3-1-2-4-24(23)26)27-21-5-7-22(8-6-21)28-11-13-30-15-17-32-19-20-33-18-16-31-14-12-28/h1-10H,11-20H2. The van der Waals surface area contributed by atoms with Crippen molar-refractivity contribution in [1.29, 1.82) is 0 Å². The van der Waals surface area contributed by atoms with E-state index in [1.807, 2.05) is 36.4 Å². The van der Waals surface area contributed by atoms with E-state index in [2.05, 4.69) is 17.0 Å². The summed E-state index contributed by atoms with van der Waals surface area (Å²) in [4.78, 5) is 19.1. The Morgan fingerprint density at radius 1 is 0.636 bits per heavy atom. The van der Waals surface area contributed by atoms with Crippen molar-refractivity contribution in [2.75, 3.05) is 70.8 Å². The van der Waals surface area contributed by atoms with Crippen LogP contribution in [0.2, 0.25) is 0 Å². The molecule has 0 aromatic heterocycles. The number of ketones is 1. The summed E-state index contributed by atoms with van der Waals surface area (Å²) in [5.41, 5.74) is 4.26. The Morgan fingerprint density at radius 2 is 1.18 bits per heavy atom. The number of rotatable bonds is 2. The van der Waals surface area contributed by atoms with E-state index in [4.69, 9.17) is 23.9 Å². The quantitative estimate of drug-likeness (QED) is 0.698. The highest BCUT2D eigenvalue weighted by atomic mass is 16.6. The number of carbonyl (C=O) groups excluding carboxylic acids is 1. The third kappa shape index (κ3) is 6.82. The number of allylic oxidation sites excluding steroid dienone is 2. The molecule has 7 nitrogen and oxygen atoms in total. The van der Waals surface area contributed by atoms with E-state index in [9.17, 15) is 4.79 Å². The number of aliphatic imine (C=N–C) groups is 1. The summed E-state index contributed by atoms with van der Waals surface area (Å²) in [6, 6.07) is 15.7. The highest BCUT2D eigenvalue weighted by molar-refractivity contribution is 6.24. The van der Waals surface area contributed by atoms with Crippen molar-refractivity contribution in [3.8, 4) is 0 Å². The summed E-state index contributed by atoms with van der Waals surface area (Å²) >= 11 is 0. The predicted octanol–water partition coefficient (Wildman–Crippen LogP) is 3.45. The molecule has 1 aliphatic heterocycles. The van der Waals surface area contributed by atoms with Crippen molar-refractivity contribution in [2.45, 2.75) is 0 Å². The van der Waals surface area contributed by atoms with Gasteiger partial charge in [0, 0.05) is 29.9 Å². The molecule has 0 atom stereocenters. The van der Waals surface area contributed by atoms with Gasteiger partial charge in [0.05, 0.1) is 64.3 Å². The lowest BCUT2D eigenvalue weighted by molar-refractivity contribution is 0.00206. The highest BCUT2D eigenvalue weighted by Crippen LogP contribution is 2.23. The largest absolute Gasteiger partial charge is 0.377 e. The molecule has 174 valence electrons. The smallest absolute Gasteiger partial charge is 0.186 e. The second-order valence-electron chi connectivity index (χ2n) is 7.69. The maximum absolute atomic E-state index is 12.1. The summed E-state index contributed by atoms with van der Waals surface area (Å²) in [6.07, 6.45) is 3.36.